The first-order chi connectivity index (χ1) is 6.77. The van der Waals surface area contributed by atoms with Gasteiger partial charge in [0.05, 0.1) is 0 Å². The quantitative estimate of drug-likeness (QED) is 0.417. The number of ether oxygens (including phenoxy) is 1. The van der Waals surface area contributed by atoms with E-state index in [9.17, 15) is 4.79 Å². The van der Waals surface area contributed by atoms with Crippen LogP contribution in [0.2, 0.25) is 0 Å². The smallest absolute Gasteiger partial charge is 0.333 e. The molecule has 0 atom stereocenters. The molecule has 0 saturated carbocycles. The van der Waals surface area contributed by atoms with Crippen LogP contribution in [-0.4, -0.2) is 24.7 Å². The minimum atomic E-state index is -0.320. The fourth-order valence-corrected chi connectivity index (χ4v) is 0.844. The molecular weight excluding hydrogens is 190 g/mol. The van der Waals surface area contributed by atoms with Crippen molar-refractivity contribution in [2.24, 2.45) is 5.92 Å². The van der Waals surface area contributed by atoms with E-state index >= 15 is 0 Å². The van der Waals surface area contributed by atoms with E-state index in [0.29, 0.717) is 24.6 Å². The van der Waals surface area contributed by atoms with Crippen LogP contribution < -0.4 is 5.32 Å². The highest BCUT2D eigenvalue weighted by atomic mass is 16.5. The number of hydrogen-bond donors (Lipinski definition) is 1. The number of hydrogen-bond acceptors (Lipinski definition) is 3. The van der Waals surface area contributed by atoms with Gasteiger partial charge in [-0.1, -0.05) is 20.4 Å². The Labute approximate surface area is 92.9 Å². The van der Waals surface area contributed by atoms with Crippen molar-refractivity contribution in [3.8, 4) is 0 Å². The third-order valence-corrected chi connectivity index (χ3v) is 2.71. The Bertz CT molecular complexity index is 232. The molecule has 0 fully saturated rings. The van der Waals surface area contributed by atoms with E-state index in [1.807, 2.05) is 0 Å². The molecule has 3 heteroatoms. The maximum Gasteiger partial charge on any atom is 0.333 e. The molecule has 88 valence electrons. The first-order valence-corrected chi connectivity index (χ1v) is 5.35. The fraction of sp³-hybridized carbons (Fsp3) is 0.750. The summed E-state index contributed by atoms with van der Waals surface area (Å²) in [7, 11) is 0. The van der Waals surface area contributed by atoms with Gasteiger partial charge < -0.3 is 10.1 Å². The molecule has 0 unspecified atom stereocenters. The van der Waals surface area contributed by atoms with Crippen LogP contribution in [0.5, 0.6) is 0 Å². The largest absolute Gasteiger partial charge is 0.461 e. The Morgan fingerprint density at radius 2 is 2.00 bits per heavy atom. The number of esters is 1. The van der Waals surface area contributed by atoms with Crippen molar-refractivity contribution in [3.63, 3.8) is 0 Å². The molecule has 0 aromatic rings. The van der Waals surface area contributed by atoms with Crippen molar-refractivity contribution in [2.75, 3.05) is 13.2 Å². The van der Waals surface area contributed by atoms with Crippen LogP contribution in [-0.2, 0) is 9.53 Å². The third-order valence-electron chi connectivity index (χ3n) is 2.71. The molecule has 0 radical (unpaired) electrons. The summed E-state index contributed by atoms with van der Waals surface area (Å²) in [4.78, 5) is 11.1. The van der Waals surface area contributed by atoms with Gasteiger partial charge in [-0.25, -0.2) is 4.79 Å². The Kier molecular flexibility index (Phi) is 5.58. The highest BCUT2D eigenvalue weighted by Gasteiger charge is 2.20. The van der Waals surface area contributed by atoms with Crippen LogP contribution >= 0.6 is 0 Å². The molecule has 15 heavy (non-hydrogen) atoms. The molecule has 0 saturated heterocycles. The maximum absolute atomic E-state index is 11.1. The molecule has 1 N–H and O–H groups in total. The topological polar surface area (TPSA) is 38.3 Å². The van der Waals surface area contributed by atoms with Gasteiger partial charge in [0.25, 0.3) is 0 Å². The van der Waals surface area contributed by atoms with Crippen molar-refractivity contribution in [1.29, 1.82) is 0 Å². The molecule has 0 aromatic carbocycles. The lowest BCUT2D eigenvalue weighted by Crippen LogP contribution is -2.45. The molecule has 0 rings (SSSR count). The van der Waals surface area contributed by atoms with Gasteiger partial charge in [0.1, 0.15) is 6.61 Å². The molecule has 0 heterocycles. The van der Waals surface area contributed by atoms with Crippen LogP contribution in [0.25, 0.3) is 0 Å². The minimum Gasteiger partial charge on any atom is -0.461 e. The lowest BCUT2D eigenvalue weighted by atomic mass is 9.91. The Balaban J connectivity index is 3.72. The standard InChI is InChI=1S/C12H23NO2/c1-9(2)11(14)15-8-7-13-12(5,6)10(3)4/h10,13H,1,7-8H2,2-6H3. The first-order valence-electron chi connectivity index (χ1n) is 5.35. The molecule has 0 bridgehead atoms. The number of carbonyl (C=O) groups excluding carboxylic acids is 1. The average Bonchev–Trinajstić information content (AvgIpc) is 2.11. The number of carbonyl (C=O) groups is 1. The zero-order chi connectivity index (χ0) is 12.1. The summed E-state index contributed by atoms with van der Waals surface area (Å²) >= 11 is 0. The van der Waals surface area contributed by atoms with E-state index in [1.54, 1.807) is 6.92 Å². The Hall–Kier alpha value is -0.830. The van der Waals surface area contributed by atoms with E-state index < -0.39 is 0 Å². The van der Waals surface area contributed by atoms with Gasteiger partial charge in [-0.15, -0.1) is 0 Å². The van der Waals surface area contributed by atoms with Crippen LogP contribution in [0.4, 0.5) is 0 Å². The van der Waals surface area contributed by atoms with E-state index in [4.69, 9.17) is 4.74 Å². The summed E-state index contributed by atoms with van der Waals surface area (Å²) in [6.07, 6.45) is 0. The zero-order valence-corrected chi connectivity index (χ0v) is 10.5. The molecular formula is C12H23NO2. The molecule has 0 amide bonds. The lowest BCUT2D eigenvalue weighted by Gasteiger charge is -2.30. The summed E-state index contributed by atoms with van der Waals surface area (Å²) in [6.45, 7) is 14.8. The van der Waals surface area contributed by atoms with Gasteiger partial charge in [0, 0.05) is 17.7 Å². The molecule has 0 aliphatic rings. The van der Waals surface area contributed by atoms with E-state index in [2.05, 4.69) is 39.6 Å². The molecule has 0 spiro atoms. The van der Waals surface area contributed by atoms with Crippen molar-refractivity contribution < 1.29 is 9.53 Å². The van der Waals surface area contributed by atoms with Gasteiger partial charge in [-0.2, -0.15) is 0 Å². The second-order valence-corrected chi connectivity index (χ2v) is 4.72. The molecule has 0 aliphatic carbocycles. The Morgan fingerprint density at radius 3 is 2.40 bits per heavy atom. The summed E-state index contributed by atoms with van der Waals surface area (Å²) in [5.74, 6) is 0.216. The van der Waals surface area contributed by atoms with Crippen LogP contribution in [0.3, 0.4) is 0 Å². The highest BCUT2D eigenvalue weighted by molar-refractivity contribution is 5.86. The fourth-order valence-electron chi connectivity index (χ4n) is 0.844. The highest BCUT2D eigenvalue weighted by Crippen LogP contribution is 2.14. The number of nitrogens with one attached hydrogen (secondary N) is 1. The Morgan fingerprint density at radius 1 is 1.47 bits per heavy atom. The van der Waals surface area contributed by atoms with Crippen LogP contribution in [0, 0.1) is 5.92 Å². The molecule has 3 nitrogen and oxygen atoms in total. The minimum absolute atomic E-state index is 0.0651. The molecule has 0 aliphatic heterocycles. The SMILES string of the molecule is C=C(C)C(=O)OCCNC(C)(C)C(C)C. The predicted octanol–water partition coefficient (Wildman–Crippen LogP) is 2.13. The molecule has 0 aromatic heterocycles. The van der Waals surface area contributed by atoms with Crippen LogP contribution in [0.15, 0.2) is 12.2 Å². The van der Waals surface area contributed by atoms with Crippen LogP contribution in [0.1, 0.15) is 34.6 Å². The summed E-state index contributed by atoms with van der Waals surface area (Å²) in [5.41, 5.74) is 0.508. The average molecular weight is 213 g/mol. The second-order valence-electron chi connectivity index (χ2n) is 4.72. The van der Waals surface area contributed by atoms with Gasteiger partial charge in [0.2, 0.25) is 0 Å². The van der Waals surface area contributed by atoms with Gasteiger partial charge in [-0.3, -0.25) is 0 Å². The maximum atomic E-state index is 11.1. The predicted molar refractivity (Wildman–Crippen MR) is 62.7 cm³/mol. The number of rotatable bonds is 6. The lowest BCUT2D eigenvalue weighted by molar-refractivity contribution is -0.138. The van der Waals surface area contributed by atoms with Gasteiger partial charge >= 0.3 is 5.97 Å². The van der Waals surface area contributed by atoms with Crippen molar-refractivity contribution in [1.82, 2.24) is 5.32 Å². The van der Waals surface area contributed by atoms with E-state index in [1.165, 1.54) is 0 Å². The van der Waals surface area contributed by atoms with Gasteiger partial charge in [-0.05, 0) is 26.7 Å². The van der Waals surface area contributed by atoms with E-state index in [0.717, 1.165) is 0 Å². The van der Waals surface area contributed by atoms with Gasteiger partial charge in [0.15, 0.2) is 0 Å². The summed E-state index contributed by atoms with van der Waals surface area (Å²) in [5, 5.41) is 3.35. The van der Waals surface area contributed by atoms with Crippen molar-refractivity contribution in [3.05, 3.63) is 12.2 Å². The zero-order valence-electron chi connectivity index (χ0n) is 10.5. The van der Waals surface area contributed by atoms with E-state index in [-0.39, 0.29) is 11.5 Å². The van der Waals surface area contributed by atoms with Crippen molar-refractivity contribution in [2.45, 2.75) is 40.2 Å². The van der Waals surface area contributed by atoms with Crippen molar-refractivity contribution >= 4 is 5.97 Å². The second kappa shape index (κ2) is 5.91. The summed E-state index contributed by atoms with van der Waals surface area (Å²) in [6, 6.07) is 0. The third kappa shape index (κ3) is 5.57. The normalized spacial score (nSPS) is 11.6. The summed E-state index contributed by atoms with van der Waals surface area (Å²) < 4.78 is 4.98. The monoisotopic (exact) mass is 213 g/mol. The first kappa shape index (κ1) is 14.2.